The van der Waals surface area contributed by atoms with Crippen molar-refractivity contribution in [2.75, 3.05) is 11.9 Å². The zero-order chi connectivity index (χ0) is 17.6. The van der Waals surface area contributed by atoms with Crippen molar-refractivity contribution < 1.29 is 14.3 Å². The van der Waals surface area contributed by atoms with E-state index in [2.05, 4.69) is 10.3 Å². The number of aromatic nitrogens is 1. The molecular formula is C19H22N2O3S. The Morgan fingerprint density at radius 3 is 2.80 bits per heavy atom. The molecule has 1 aliphatic carbocycles. The van der Waals surface area contributed by atoms with E-state index >= 15 is 0 Å². The smallest absolute Gasteiger partial charge is 0.309 e. The lowest BCUT2D eigenvalue weighted by molar-refractivity contribution is -0.152. The molecule has 1 aromatic heterocycles. The fourth-order valence-corrected chi connectivity index (χ4v) is 3.66. The third-order valence-corrected chi connectivity index (χ3v) is 5.12. The Hall–Kier alpha value is -2.21. The van der Waals surface area contributed by atoms with Gasteiger partial charge in [0.25, 0.3) is 5.91 Å². The van der Waals surface area contributed by atoms with E-state index in [1.807, 2.05) is 36.6 Å². The van der Waals surface area contributed by atoms with Crippen LogP contribution in [0, 0.1) is 12.8 Å². The lowest BCUT2D eigenvalue weighted by atomic mass is 9.89. The van der Waals surface area contributed by atoms with E-state index in [0.717, 1.165) is 41.9 Å². The number of nitrogens with zero attached hydrogens (tertiary/aromatic N) is 1. The SMILES string of the molecule is Cc1nc(-c2cccc(NC(=O)COC(=O)C3CCCCC3)c2)cs1. The summed E-state index contributed by atoms with van der Waals surface area (Å²) in [7, 11) is 0. The number of rotatable bonds is 5. The average molecular weight is 358 g/mol. The van der Waals surface area contributed by atoms with Crippen LogP contribution in [0.4, 0.5) is 5.69 Å². The van der Waals surface area contributed by atoms with Gasteiger partial charge in [-0.05, 0) is 31.9 Å². The van der Waals surface area contributed by atoms with Gasteiger partial charge in [0, 0.05) is 16.6 Å². The molecule has 1 aliphatic rings. The molecule has 2 aromatic rings. The van der Waals surface area contributed by atoms with Crippen LogP contribution in [-0.2, 0) is 14.3 Å². The molecule has 1 amide bonds. The number of benzene rings is 1. The monoisotopic (exact) mass is 358 g/mol. The molecule has 132 valence electrons. The van der Waals surface area contributed by atoms with Crippen LogP contribution in [0.3, 0.4) is 0 Å². The summed E-state index contributed by atoms with van der Waals surface area (Å²) in [4.78, 5) is 28.5. The number of ether oxygens (including phenoxy) is 1. The van der Waals surface area contributed by atoms with Crippen LogP contribution >= 0.6 is 11.3 Å². The van der Waals surface area contributed by atoms with Crippen LogP contribution in [0.1, 0.15) is 37.1 Å². The molecule has 0 atom stereocenters. The van der Waals surface area contributed by atoms with E-state index in [0.29, 0.717) is 5.69 Å². The number of amides is 1. The largest absolute Gasteiger partial charge is 0.455 e. The van der Waals surface area contributed by atoms with Crippen molar-refractivity contribution in [3.63, 3.8) is 0 Å². The number of thiazole rings is 1. The Kier molecular flexibility index (Phi) is 5.81. The van der Waals surface area contributed by atoms with Crippen molar-refractivity contribution in [1.82, 2.24) is 4.98 Å². The highest BCUT2D eigenvalue weighted by atomic mass is 32.1. The molecule has 1 fully saturated rings. The third-order valence-electron chi connectivity index (χ3n) is 4.35. The normalized spacial score (nSPS) is 14.9. The van der Waals surface area contributed by atoms with Gasteiger partial charge in [0.05, 0.1) is 16.6 Å². The summed E-state index contributed by atoms with van der Waals surface area (Å²) in [5.41, 5.74) is 2.51. The topological polar surface area (TPSA) is 68.3 Å². The summed E-state index contributed by atoms with van der Waals surface area (Å²) in [5.74, 6) is -0.616. The Balaban J connectivity index is 1.53. The predicted molar refractivity (Wildman–Crippen MR) is 98.5 cm³/mol. The van der Waals surface area contributed by atoms with Gasteiger partial charge in [0.2, 0.25) is 0 Å². The maximum absolute atomic E-state index is 12.0. The standard InChI is InChI=1S/C19H22N2O3S/c1-13-20-17(12-25-13)15-8-5-9-16(10-15)21-18(22)11-24-19(23)14-6-3-2-4-7-14/h5,8-10,12,14H,2-4,6-7,11H2,1H3,(H,21,22). The molecule has 3 rings (SSSR count). The lowest BCUT2D eigenvalue weighted by Crippen LogP contribution is -2.26. The highest BCUT2D eigenvalue weighted by molar-refractivity contribution is 7.09. The van der Waals surface area contributed by atoms with Crippen LogP contribution in [0.5, 0.6) is 0 Å². The lowest BCUT2D eigenvalue weighted by Gasteiger charge is -2.19. The number of hydrogen-bond donors (Lipinski definition) is 1. The Morgan fingerprint density at radius 2 is 2.08 bits per heavy atom. The minimum absolute atomic E-state index is 0.0437. The second kappa shape index (κ2) is 8.25. The first-order chi connectivity index (χ1) is 12.1. The van der Waals surface area contributed by atoms with E-state index in [4.69, 9.17) is 4.74 Å². The van der Waals surface area contributed by atoms with Gasteiger partial charge >= 0.3 is 5.97 Å². The van der Waals surface area contributed by atoms with Gasteiger partial charge < -0.3 is 10.1 Å². The molecule has 0 spiro atoms. The van der Waals surface area contributed by atoms with Crippen LogP contribution < -0.4 is 5.32 Å². The molecule has 5 nitrogen and oxygen atoms in total. The summed E-state index contributed by atoms with van der Waals surface area (Å²) >= 11 is 1.59. The third kappa shape index (κ3) is 4.89. The van der Waals surface area contributed by atoms with Crippen molar-refractivity contribution in [3.8, 4) is 11.3 Å². The Morgan fingerprint density at radius 1 is 1.28 bits per heavy atom. The minimum atomic E-state index is -0.323. The second-order valence-electron chi connectivity index (χ2n) is 6.32. The highest BCUT2D eigenvalue weighted by Gasteiger charge is 2.23. The van der Waals surface area contributed by atoms with Gasteiger partial charge in [-0.1, -0.05) is 31.4 Å². The zero-order valence-corrected chi connectivity index (χ0v) is 15.1. The number of anilines is 1. The molecule has 6 heteroatoms. The summed E-state index contributed by atoms with van der Waals surface area (Å²) < 4.78 is 5.17. The van der Waals surface area contributed by atoms with Crippen molar-refractivity contribution in [1.29, 1.82) is 0 Å². The van der Waals surface area contributed by atoms with Crippen LogP contribution in [0.15, 0.2) is 29.6 Å². The van der Waals surface area contributed by atoms with E-state index < -0.39 is 0 Å². The molecule has 1 heterocycles. The fraction of sp³-hybridized carbons (Fsp3) is 0.421. The number of nitrogens with one attached hydrogen (secondary N) is 1. The molecule has 0 bridgehead atoms. The first-order valence-electron chi connectivity index (χ1n) is 8.61. The molecule has 1 aromatic carbocycles. The van der Waals surface area contributed by atoms with E-state index in [1.54, 1.807) is 11.3 Å². The predicted octanol–water partition coefficient (Wildman–Crippen LogP) is 4.18. The summed E-state index contributed by atoms with van der Waals surface area (Å²) in [6.07, 6.45) is 5.05. The number of esters is 1. The van der Waals surface area contributed by atoms with Gasteiger partial charge in [-0.15, -0.1) is 11.3 Å². The summed E-state index contributed by atoms with van der Waals surface area (Å²) in [6, 6.07) is 7.50. The fourth-order valence-electron chi connectivity index (χ4n) is 3.04. The van der Waals surface area contributed by atoms with E-state index in [-0.39, 0.29) is 24.4 Å². The maximum atomic E-state index is 12.0. The zero-order valence-electron chi connectivity index (χ0n) is 14.3. The Labute approximate surface area is 151 Å². The van der Waals surface area contributed by atoms with Crippen LogP contribution in [0.2, 0.25) is 0 Å². The van der Waals surface area contributed by atoms with Crippen molar-refractivity contribution in [2.45, 2.75) is 39.0 Å². The van der Waals surface area contributed by atoms with Gasteiger partial charge in [0.1, 0.15) is 0 Å². The first kappa shape index (κ1) is 17.6. The molecule has 0 radical (unpaired) electrons. The van der Waals surface area contributed by atoms with Crippen molar-refractivity contribution >= 4 is 28.9 Å². The number of hydrogen-bond acceptors (Lipinski definition) is 5. The number of carbonyl (C=O) groups is 2. The highest BCUT2D eigenvalue weighted by Crippen LogP contribution is 2.25. The Bertz CT molecular complexity index is 751. The molecule has 0 unspecified atom stereocenters. The quantitative estimate of drug-likeness (QED) is 0.814. The maximum Gasteiger partial charge on any atom is 0.309 e. The second-order valence-corrected chi connectivity index (χ2v) is 7.39. The molecule has 0 saturated heterocycles. The van der Waals surface area contributed by atoms with Gasteiger partial charge in [0.15, 0.2) is 6.61 Å². The summed E-state index contributed by atoms with van der Waals surface area (Å²) in [6.45, 7) is 1.72. The van der Waals surface area contributed by atoms with Gasteiger partial charge in [-0.2, -0.15) is 0 Å². The molecule has 1 N–H and O–H groups in total. The van der Waals surface area contributed by atoms with E-state index in [1.165, 1.54) is 6.42 Å². The minimum Gasteiger partial charge on any atom is -0.455 e. The van der Waals surface area contributed by atoms with Crippen LogP contribution in [0.25, 0.3) is 11.3 Å². The van der Waals surface area contributed by atoms with Crippen molar-refractivity contribution in [3.05, 3.63) is 34.7 Å². The molecular weight excluding hydrogens is 336 g/mol. The number of aryl methyl sites for hydroxylation is 1. The molecule has 0 aliphatic heterocycles. The molecule has 25 heavy (non-hydrogen) atoms. The molecule has 1 saturated carbocycles. The van der Waals surface area contributed by atoms with Crippen molar-refractivity contribution in [2.24, 2.45) is 5.92 Å². The van der Waals surface area contributed by atoms with Gasteiger partial charge in [-0.25, -0.2) is 4.98 Å². The summed E-state index contributed by atoms with van der Waals surface area (Å²) in [5, 5.41) is 5.76. The number of carbonyl (C=O) groups excluding carboxylic acids is 2. The first-order valence-corrected chi connectivity index (χ1v) is 9.49. The van der Waals surface area contributed by atoms with E-state index in [9.17, 15) is 9.59 Å². The average Bonchev–Trinajstić information content (AvgIpc) is 3.07. The van der Waals surface area contributed by atoms with Crippen LogP contribution in [-0.4, -0.2) is 23.5 Å². The van der Waals surface area contributed by atoms with Gasteiger partial charge in [-0.3, -0.25) is 9.59 Å².